The molecule has 1 aliphatic rings. The molecule has 3 N–H and O–H groups in total. The average Bonchev–Trinajstić information content (AvgIpc) is 2.92. The first-order valence-corrected chi connectivity index (χ1v) is 11.2. The number of nitrogens with zero attached hydrogens (tertiary/aromatic N) is 1. The maximum atomic E-state index is 13.5. The number of nitrogen functional groups attached to an aromatic ring is 1. The first kappa shape index (κ1) is 23.2. The Bertz CT molecular complexity index is 1260. The number of hydrogen-bond acceptors (Lipinski definition) is 4. The minimum absolute atomic E-state index is 0.128. The summed E-state index contributed by atoms with van der Waals surface area (Å²) in [6, 6.07) is 17.6. The number of imide groups is 1. The van der Waals surface area contributed by atoms with Gasteiger partial charge in [0.05, 0.1) is 11.6 Å². The van der Waals surface area contributed by atoms with Gasteiger partial charge in [-0.05, 0) is 61.2 Å². The molecule has 2 atom stereocenters. The van der Waals surface area contributed by atoms with Crippen LogP contribution in [0.3, 0.4) is 0 Å². The zero-order chi connectivity index (χ0) is 24.4. The van der Waals surface area contributed by atoms with Crippen LogP contribution in [0.5, 0.6) is 0 Å². The van der Waals surface area contributed by atoms with Gasteiger partial charge < -0.3 is 11.1 Å². The van der Waals surface area contributed by atoms with Crippen LogP contribution in [-0.4, -0.2) is 23.8 Å². The van der Waals surface area contributed by atoms with E-state index in [1.807, 2.05) is 24.3 Å². The highest BCUT2D eigenvalue weighted by molar-refractivity contribution is 6.22. The maximum absolute atomic E-state index is 13.5. The smallest absolute Gasteiger partial charge is 0.256 e. The molecule has 1 unspecified atom stereocenters. The van der Waals surface area contributed by atoms with Crippen LogP contribution in [0.4, 0.5) is 15.8 Å². The highest BCUT2D eigenvalue weighted by Crippen LogP contribution is 2.44. The van der Waals surface area contributed by atoms with Crippen molar-refractivity contribution in [2.75, 3.05) is 10.6 Å². The third-order valence-corrected chi connectivity index (χ3v) is 6.13. The highest BCUT2D eigenvalue weighted by atomic mass is 19.1. The Morgan fingerprint density at radius 3 is 2.50 bits per heavy atom. The van der Waals surface area contributed by atoms with Crippen molar-refractivity contribution in [3.05, 3.63) is 83.7 Å². The number of carbonyl (C=O) groups excluding carboxylic acids is 3. The number of fused-ring (bicyclic) bond motifs is 3. The number of hydrogen-bond donors (Lipinski definition) is 2. The van der Waals surface area contributed by atoms with Gasteiger partial charge in [-0.3, -0.25) is 14.4 Å². The Morgan fingerprint density at radius 2 is 1.76 bits per heavy atom. The molecule has 3 amide bonds. The number of aryl methyl sites for hydroxylation is 1. The normalized spacial score (nSPS) is 15.7. The lowest BCUT2D eigenvalue weighted by molar-refractivity contribution is -0.131. The molecule has 3 aromatic carbocycles. The monoisotopic (exact) mass is 459 g/mol. The lowest BCUT2D eigenvalue weighted by atomic mass is 9.92. The standard InChI is InChI=1S/C27H26FN3O3/c1-16-20-6-3-4-7-21(20)25-22(29)8-5-9-23(25)31(26(16)33)27(34)17(2)30-24(32)15-12-18-10-13-19(28)14-11-18/h3-11,13-14,16-17H,12,15,29H2,1-2H3,(H,30,32)/t16?,17-/m0/s1. The van der Waals surface area contributed by atoms with E-state index in [1.165, 1.54) is 12.1 Å². The van der Waals surface area contributed by atoms with Crippen LogP contribution in [0.15, 0.2) is 66.7 Å². The van der Waals surface area contributed by atoms with Gasteiger partial charge in [0.1, 0.15) is 11.9 Å². The summed E-state index contributed by atoms with van der Waals surface area (Å²) in [5.74, 6) is -2.17. The molecular formula is C27H26FN3O3. The number of anilines is 2. The zero-order valence-corrected chi connectivity index (χ0v) is 19.0. The molecule has 4 rings (SSSR count). The fraction of sp³-hybridized carbons (Fsp3) is 0.222. The van der Waals surface area contributed by atoms with E-state index in [4.69, 9.17) is 5.73 Å². The largest absolute Gasteiger partial charge is 0.398 e. The van der Waals surface area contributed by atoms with Gasteiger partial charge in [-0.25, -0.2) is 9.29 Å². The third-order valence-electron chi connectivity index (χ3n) is 6.13. The molecule has 0 radical (unpaired) electrons. The van der Waals surface area contributed by atoms with E-state index in [2.05, 4.69) is 5.32 Å². The summed E-state index contributed by atoms with van der Waals surface area (Å²) >= 11 is 0. The van der Waals surface area contributed by atoms with Crippen LogP contribution >= 0.6 is 0 Å². The lowest BCUT2D eigenvalue weighted by Gasteiger charge is -2.26. The second-order valence-corrected chi connectivity index (χ2v) is 8.48. The van der Waals surface area contributed by atoms with Crippen molar-refractivity contribution in [2.24, 2.45) is 0 Å². The Kier molecular flexibility index (Phi) is 6.45. The summed E-state index contributed by atoms with van der Waals surface area (Å²) in [5, 5.41) is 2.69. The Balaban J connectivity index is 1.57. The van der Waals surface area contributed by atoms with Gasteiger partial charge >= 0.3 is 0 Å². The number of nitrogens with one attached hydrogen (secondary N) is 1. The SMILES string of the molecule is CC1C(=O)N(C(=O)[C@H](C)NC(=O)CCc2ccc(F)cc2)c2cccc(N)c2-c2ccccc21. The summed E-state index contributed by atoms with van der Waals surface area (Å²) in [5.41, 5.74) is 10.2. The summed E-state index contributed by atoms with van der Waals surface area (Å²) in [6.45, 7) is 3.32. The molecule has 6 nitrogen and oxygen atoms in total. The molecule has 0 fully saturated rings. The molecule has 1 aliphatic heterocycles. The number of amides is 3. The van der Waals surface area contributed by atoms with Crippen LogP contribution in [0.2, 0.25) is 0 Å². The second kappa shape index (κ2) is 9.47. The topological polar surface area (TPSA) is 92.5 Å². The molecule has 0 bridgehead atoms. The summed E-state index contributed by atoms with van der Waals surface area (Å²) < 4.78 is 13.1. The zero-order valence-electron chi connectivity index (χ0n) is 19.0. The number of halogens is 1. The summed E-state index contributed by atoms with van der Waals surface area (Å²) in [6.07, 6.45) is 0.532. The summed E-state index contributed by atoms with van der Waals surface area (Å²) in [4.78, 5) is 40.6. The second-order valence-electron chi connectivity index (χ2n) is 8.48. The van der Waals surface area contributed by atoms with Crippen molar-refractivity contribution >= 4 is 29.1 Å². The predicted octanol–water partition coefficient (Wildman–Crippen LogP) is 4.19. The van der Waals surface area contributed by atoms with Gasteiger partial charge in [0.15, 0.2) is 0 Å². The quantitative estimate of drug-likeness (QED) is 0.560. The minimum atomic E-state index is -0.938. The predicted molar refractivity (Wildman–Crippen MR) is 130 cm³/mol. The Morgan fingerprint density at radius 1 is 1.06 bits per heavy atom. The van der Waals surface area contributed by atoms with Crippen molar-refractivity contribution in [3.63, 3.8) is 0 Å². The van der Waals surface area contributed by atoms with Gasteiger partial charge in [-0.2, -0.15) is 0 Å². The average molecular weight is 460 g/mol. The van der Waals surface area contributed by atoms with Gasteiger partial charge in [0.2, 0.25) is 11.8 Å². The van der Waals surface area contributed by atoms with Crippen LogP contribution in [-0.2, 0) is 20.8 Å². The number of nitrogens with two attached hydrogens (primary N) is 1. The molecule has 7 heteroatoms. The molecule has 3 aromatic rings. The van der Waals surface area contributed by atoms with Crippen molar-refractivity contribution in [3.8, 4) is 11.1 Å². The van der Waals surface area contributed by atoms with E-state index in [-0.39, 0.29) is 24.1 Å². The van der Waals surface area contributed by atoms with Gasteiger partial charge in [0.25, 0.3) is 5.91 Å². The number of benzene rings is 3. The molecule has 0 spiro atoms. The van der Waals surface area contributed by atoms with E-state index in [1.54, 1.807) is 44.2 Å². The highest BCUT2D eigenvalue weighted by Gasteiger charge is 2.37. The Hall–Kier alpha value is -4.00. The van der Waals surface area contributed by atoms with Crippen LogP contribution in [0.1, 0.15) is 37.3 Å². The molecule has 34 heavy (non-hydrogen) atoms. The minimum Gasteiger partial charge on any atom is -0.398 e. The molecular weight excluding hydrogens is 433 g/mol. The van der Waals surface area contributed by atoms with Crippen molar-refractivity contribution in [2.45, 2.75) is 38.6 Å². The van der Waals surface area contributed by atoms with Crippen molar-refractivity contribution in [1.29, 1.82) is 0 Å². The van der Waals surface area contributed by atoms with E-state index in [0.717, 1.165) is 21.6 Å². The third kappa shape index (κ3) is 4.41. The van der Waals surface area contributed by atoms with Crippen LogP contribution in [0, 0.1) is 5.82 Å². The van der Waals surface area contributed by atoms with Crippen LogP contribution < -0.4 is 16.0 Å². The van der Waals surface area contributed by atoms with E-state index < -0.39 is 17.9 Å². The van der Waals surface area contributed by atoms with Crippen LogP contribution in [0.25, 0.3) is 11.1 Å². The maximum Gasteiger partial charge on any atom is 0.256 e. The lowest BCUT2D eigenvalue weighted by Crippen LogP contribution is -2.50. The van der Waals surface area contributed by atoms with E-state index in [9.17, 15) is 18.8 Å². The van der Waals surface area contributed by atoms with Gasteiger partial charge in [-0.1, -0.05) is 42.5 Å². The van der Waals surface area contributed by atoms with Gasteiger partial charge in [0, 0.05) is 17.7 Å². The summed E-state index contributed by atoms with van der Waals surface area (Å²) in [7, 11) is 0. The molecule has 0 saturated carbocycles. The van der Waals surface area contributed by atoms with Gasteiger partial charge in [-0.15, -0.1) is 0 Å². The number of rotatable bonds is 5. The fourth-order valence-electron chi connectivity index (χ4n) is 4.29. The molecule has 1 heterocycles. The first-order valence-electron chi connectivity index (χ1n) is 11.2. The fourth-order valence-corrected chi connectivity index (χ4v) is 4.29. The molecule has 0 saturated heterocycles. The van der Waals surface area contributed by atoms with Crippen molar-refractivity contribution in [1.82, 2.24) is 5.32 Å². The molecule has 0 aliphatic carbocycles. The van der Waals surface area contributed by atoms with Crippen molar-refractivity contribution < 1.29 is 18.8 Å². The molecule has 0 aromatic heterocycles. The van der Waals surface area contributed by atoms with E-state index >= 15 is 0 Å². The van der Waals surface area contributed by atoms with E-state index in [0.29, 0.717) is 23.4 Å². The first-order chi connectivity index (χ1) is 16.3. The number of carbonyl (C=O) groups is 3. The Labute approximate surface area is 197 Å². The molecule has 174 valence electrons.